The molecule has 5 heteroatoms. The third-order valence-electron chi connectivity index (χ3n) is 3.72. The molecule has 1 aliphatic heterocycles. The van der Waals surface area contributed by atoms with Gasteiger partial charge in [0.1, 0.15) is 12.4 Å². The SMILES string of the molecule is COCCN(CCOc1cccc(Cl)c1)CC1CCCN1. The third kappa shape index (κ3) is 6.22. The monoisotopic (exact) mass is 312 g/mol. The molecular formula is C16H25ClN2O2. The van der Waals surface area contributed by atoms with Gasteiger partial charge in [0, 0.05) is 37.8 Å². The molecular weight excluding hydrogens is 288 g/mol. The molecule has 0 bridgehead atoms. The summed E-state index contributed by atoms with van der Waals surface area (Å²) in [7, 11) is 1.74. The maximum atomic E-state index is 5.95. The number of methoxy groups -OCH3 is 1. The van der Waals surface area contributed by atoms with Crippen LogP contribution in [0.4, 0.5) is 0 Å². The van der Waals surface area contributed by atoms with Gasteiger partial charge in [0.2, 0.25) is 0 Å². The van der Waals surface area contributed by atoms with Crippen LogP contribution in [-0.2, 0) is 4.74 Å². The molecule has 1 fully saturated rings. The van der Waals surface area contributed by atoms with Gasteiger partial charge in [-0.25, -0.2) is 0 Å². The number of benzene rings is 1. The number of nitrogens with one attached hydrogen (secondary N) is 1. The van der Waals surface area contributed by atoms with E-state index in [1.165, 1.54) is 12.8 Å². The highest BCUT2D eigenvalue weighted by Crippen LogP contribution is 2.17. The van der Waals surface area contributed by atoms with E-state index in [9.17, 15) is 0 Å². The van der Waals surface area contributed by atoms with E-state index in [2.05, 4.69) is 10.2 Å². The molecule has 0 aromatic heterocycles. The molecule has 2 rings (SSSR count). The second kappa shape index (κ2) is 9.26. The van der Waals surface area contributed by atoms with Crippen LogP contribution in [0.2, 0.25) is 5.02 Å². The van der Waals surface area contributed by atoms with Crippen LogP contribution in [0.25, 0.3) is 0 Å². The van der Waals surface area contributed by atoms with Gasteiger partial charge in [-0.3, -0.25) is 4.90 Å². The maximum absolute atomic E-state index is 5.95. The Bertz CT molecular complexity index is 411. The van der Waals surface area contributed by atoms with Crippen molar-refractivity contribution in [2.75, 3.05) is 46.5 Å². The number of halogens is 1. The second-order valence-electron chi connectivity index (χ2n) is 5.39. The van der Waals surface area contributed by atoms with Crippen LogP contribution in [0.1, 0.15) is 12.8 Å². The standard InChI is InChI=1S/C16H25ClN2O2/c1-20-10-8-19(13-15-5-3-7-18-15)9-11-21-16-6-2-4-14(17)12-16/h2,4,6,12,15,18H,3,5,7-11,13H2,1H3. The number of rotatable bonds is 9. The lowest BCUT2D eigenvalue weighted by Crippen LogP contribution is -2.41. The smallest absolute Gasteiger partial charge is 0.120 e. The summed E-state index contributed by atoms with van der Waals surface area (Å²) >= 11 is 5.95. The molecule has 1 N–H and O–H groups in total. The minimum absolute atomic E-state index is 0.605. The first-order valence-corrected chi connectivity index (χ1v) is 7.99. The van der Waals surface area contributed by atoms with Gasteiger partial charge in [-0.15, -0.1) is 0 Å². The van der Waals surface area contributed by atoms with Gasteiger partial charge in [0.15, 0.2) is 0 Å². The molecule has 0 amide bonds. The second-order valence-corrected chi connectivity index (χ2v) is 5.83. The lowest BCUT2D eigenvalue weighted by Gasteiger charge is -2.25. The predicted octanol–water partition coefficient (Wildman–Crippen LogP) is 2.42. The van der Waals surface area contributed by atoms with E-state index in [0.29, 0.717) is 17.7 Å². The first-order chi connectivity index (χ1) is 10.3. The minimum Gasteiger partial charge on any atom is -0.492 e. The summed E-state index contributed by atoms with van der Waals surface area (Å²) in [5, 5.41) is 4.25. The van der Waals surface area contributed by atoms with Crippen LogP contribution in [-0.4, -0.2) is 57.4 Å². The Hall–Kier alpha value is -0.810. The van der Waals surface area contributed by atoms with E-state index in [1.807, 2.05) is 24.3 Å². The average Bonchev–Trinajstić information content (AvgIpc) is 2.97. The van der Waals surface area contributed by atoms with Crippen LogP contribution in [0, 0.1) is 0 Å². The quantitative estimate of drug-likeness (QED) is 0.759. The molecule has 1 aromatic carbocycles. The summed E-state index contributed by atoms with van der Waals surface area (Å²) in [6.07, 6.45) is 2.54. The fourth-order valence-corrected chi connectivity index (χ4v) is 2.77. The highest BCUT2D eigenvalue weighted by atomic mass is 35.5. The van der Waals surface area contributed by atoms with E-state index in [-0.39, 0.29) is 0 Å². The maximum Gasteiger partial charge on any atom is 0.120 e. The highest BCUT2D eigenvalue weighted by Gasteiger charge is 2.17. The first-order valence-electron chi connectivity index (χ1n) is 7.61. The summed E-state index contributed by atoms with van der Waals surface area (Å²) in [5.74, 6) is 0.827. The summed E-state index contributed by atoms with van der Waals surface area (Å²) in [6, 6.07) is 8.14. The van der Waals surface area contributed by atoms with Crippen molar-refractivity contribution in [3.05, 3.63) is 29.3 Å². The molecule has 1 unspecified atom stereocenters. The van der Waals surface area contributed by atoms with Gasteiger partial charge >= 0.3 is 0 Å². The van der Waals surface area contributed by atoms with Crippen molar-refractivity contribution < 1.29 is 9.47 Å². The average molecular weight is 313 g/mol. The normalized spacial score (nSPS) is 18.3. The van der Waals surface area contributed by atoms with E-state index in [0.717, 1.165) is 38.5 Å². The molecule has 1 atom stereocenters. The Morgan fingerprint density at radius 2 is 2.19 bits per heavy atom. The molecule has 1 heterocycles. The van der Waals surface area contributed by atoms with E-state index in [1.54, 1.807) is 7.11 Å². The van der Waals surface area contributed by atoms with Crippen LogP contribution < -0.4 is 10.1 Å². The van der Waals surface area contributed by atoms with Crippen LogP contribution in [0.3, 0.4) is 0 Å². The van der Waals surface area contributed by atoms with Crippen molar-refractivity contribution >= 4 is 11.6 Å². The zero-order valence-corrected chi connectivity index (χ0v) is 13.4. The summed E-state index contributed by atoms with van der Waals surface area (Å²) < 4.78 is 11.0. The van der Waals surface area contributed by atoms with Gasteiger partial charge < -0.3 is 14.8 Å². The van der Waals surface area contributed by atoms with Crippen molar-refractivity contribution in [2.24, 2.45) is 0 Å². The van der Waals surface area contributed by atoms with E-state index in [4.69, 9.17) is 21.1 Å². The third-order valence-corrected chi connectivity index (χ3v) is 3.96. The fourth-order valence-electron chi connectivity index (χ4n) is 2.59. The molecule has 118 valence electrons. The van der Waals surface area contributed by atoms with Gasteiger partial charge in [0.05, 0.1) is 6.61 Å². The summed E-state index contributed by atoms with van der Waals surface area (Å²) in [4.78, 5) is 2.40. The molecule has 1 aliphatic rings. The van der Waals surface area contributed by atoms with Crippen molar-refractivity contribution in [3.8, 4) is 5.75 Å². The topological polar surface area (TPSA) is 33.7 Å². The molecule has 0 saturated carbocycles. The van der Waals surface area contributed by atoms with Gasteiger partial charge in [-0.2, -0.15) is 0 Å². The molecule has 0 spiro atoms. The van der Waals surface area contributed by atoms with Crippen molar-refractivity contribution in [2.45, 2.75) is 18.9 Å². The van der Waals surface area contributed by atoms with Gasteiger partial charge in [-0.1, -0.05) is 17.7 Å². The molecule has 1 aromatic rings. The van der Waals surface area contributed by atoms with Gasteiger partial charge in [-0.05, 0) is 37.6 Å². The number of ether oxygens (including phenoxy) is 2. The lowest BCUT2D eigenvalue weighted by molar-refractivity contribution is 0.129. The molecule has 0 radical (unpaired) electrons. The van der Waals surface area contributed by atoms with Crippen LogP contribution in [0.15, 0.2) is 24.3 Å². The van der Waals surface area contributed by atoms with Gasteiger partial charge in [0.25, 0.3) is 0 Å². The Balaban J connectivity index is 1.74. The molecule has 4 nitrogen and oxygen atoms in total. The Morgan fingerprint density at radius 3 is 2.90 bits per heavy atom. The Labute approximate surface area is 132 Å². The largest absolute Gasteiger partial charge is 0.492 e. The molecule has 21 heavy (non-hydrogen) atoms. The fraction of sp³-hybridized carbons (Fsp3) is 0.625. The van der Waals surface area contributed by atoms with Crippen LogP contribution in [0.5, 0.6) is 5.75 Å². The highest BCUT2D eigenvalue weighted by molar-refractivity contribution is 6.30. The van der Waals surface area contributed by atoms with Crippen molar-refractivity contribution in [1.82, 2.24) is 10.2 Å². The van der Waals surface area contributed by atoms with Crippen molar-refractivity contribution in [1.29, 1.82) is 0 Å². The number of hydrogen-bond acceptors (Lipinski definition) is 4. The zero-order valence-electron chi connectivity index (χ0n) is 12.7. The lowest BCUT2D eigenvalue weighted by atomic mass is 10.2. The molecule has 0 aliphatic carbocycles. The Kier molecular flexibility index (Phi) is 7.30. The number of hydrogen-bond donors (Lipinski definition) is 1. The zero-order chi connectivity index (χ0) is 14.9. The Morgan fingerprint density at radius 1 is 1.33 bits per heavy atom. The van der Waals surface area contributed by atoms with Crippen molar-refractivity contribution in [3.63, 3.8) is 0 Å². The summed E-state index contributed by atoms with van der Waals surface area (Å²) in [5.41, 5.74) is 0. The first kappa shape index (κ1) is 16.6. The minimum atomic E-state index is 0.605. The number of nitrogens with zero attached hydrogens (tertiary/aromatic N) is 1. The molecule has 1 saturated heterocycles. The van der Waals surface area contributed by atoms with E-state index < -0.39 is 0 Å². The van der Waals surface area contributed by atoms with Crippen LogP contribution >= 0.6 is 11.6 Å². The predicted molar refractivity (Wildman–Crippen MR) is 86.3 cm³/mol. The van der Waals surface area contributed by atoms with E-state index >= 15 is 0 Å². The summed E-state index contributed by atoms with van der Waals surface area (Å²) in [6.45, 7) is 5.45.